The van der Waals surface area contributed by atoms with Crippen molar-refractivity contribution in [3.8, 4) is 5.75 Å². The highest BCUT2D eigenvalue weighted by Gasteiger charge is 2.20. The zero-order valence-electron chi connectivity index (χ0n) is 19.3. The largest absolute Gasteiger partial charge is 0.494 e. The number of rotatable bonds is 12. The first-order valence-corrected chi connectivity index (χ1v) is 10.6. The summed E-state index contributed by atoms with van der Waals surface area (Å²) in [4.78, 5) is 34.6. The molecule has 0 radical (unpaired) electrons. The summed E-state index contributed by atoms with van der Waals surface area (Å²) in [6.07, 6.45) is 3.78. The van der Waals surface area contributed by atoms with Crippen LogP contribution < -0.4 is 15.4 Å². The maximum Gasteiger partial charge on any atom is 0.407 e. The molecular weight excluding hydrogens is 400 g/mol. The molecule has 0 aromatic heterocycles. The minimum atomic E-state index is -0.709. The van der Waals surface area contributed by atoms with Crippen molar-refractivity contribution in [1.82, 2.24) is 10.6 Å². The molecular formula is C23H36N2O6. The molecule has 0 aliphatic rings. The summed E-state index contributed by atoms with van der Waals surface area (Å²) in [5.74, 6) is -0.00252. The molecule has 2 amide bonds. The van der Waals surface area contributed by atoms with Gasteiger partial charge in [0.2, 0.25) is 5.91 Å². The van der Waals surface area contributed by atoms with Gasteiger partial charge in [0.1, 0.15) is 17.4 Å². The smallest absolute Gasteiger partial charge is 0.407 e. The van der Waals surface area contributed by atoms with E-state index in [1.165, 1.54) is 14.0 Å². The van der Waals surface area contributed by atoms with E-state index in [-0.39, 0.29) is 12.0 Å². The monoisotopic (exact) mass is 436 g/mol. The molecule has 8 heteroatoms. The van der Waals surface area contributed by atoms with E-state index in [1.807, 2.05) is 45.0 Å². The van der Waals surface area contributed by atoms with Gasteiger partial charge in [-0.15, -0.1) is 0 Å². The Morgan fingerprint density at radius 2 is 1.65 bits per heavy atom. The number of benzene rings is 1. The van der Waals surface area contributed by atoms with E-state index >= 15 is 0 Å². The summed E-state index contributed by atoms with van der Waals surface area (Å²) in [5, 5.41) is 5.35. The first kappa shape index (κ1) is 26.3. The number of unbranched alkanes of at least 4 members (excludes halogenated alkanes) is 3. The molecule has 1 aromatic carbocycles. The van der Waals surface area contributed by atoms with Gasteiger partial charge in [0, 0.05) is 19.9 Å². The molecule has 1 rings (SSSR count). The minimum absolute atomic E-state index is 0.282. The van der Waals surface area contributed by atoms with Crippen LogP contribution in [-0.2, 0) is 25.5 Å². The molecule has 0 spiro atoms. The van der Waals surface area contributed by atoms with Crippen molar-refractivity contribution in [3.05, 3.63) is 29.8 Å². The van der Waals surface area contributed by atoms with Gasteiger partial charge in [-0.3, -0.25) is 4.79 Å². The molecule has 1 aromatic rings. The first-order valence-electron chi connectivity index (χ1n) is 10.6. The Labute approximate surface area is 185 Å². The van der Waals surface area contributed by atoms with Crippen molar-refractivity contribution in [2.45, 2.75) is 71.4 Å². The lowest BCUT2D eigenvalue weighted by molar-refractivity contribution is -0.144. The van der Waals surface area contributed by atoms with Gasteiger partial charge < -0.3 is 24.8 Å². The SMILES string of the molecule is COC(=O)C(Cc1ccc(OCCCCCCNC(=O)OC(C)(C)C)cc1)NC(C)=O. The molecule has 174 valence electrons. The maximum absolute atomic E-state index is 11.8. The van der Waals surface area contributed by atoms with Gasteiger partial charge in [-0.05, 0) is 51.3 Å². The molecule has 0 bridgehead atoms. The molecule has 2 N–H and O–H groups in total. The lowest BCUT2D eigenvalue weighted by Gasteiger charge is -2.19. The Balaban J connectivity index is 2.22. The summed E-state index contributed by atoms with van der Waals surface area (Å²) in [6, 6.07) is 6.73. The number of methoxy groups -OCH3 is 1. The topological polar surface area (TPSA) is 103 Å². The Kier molecular flexibility index (Phi) is 11.5. The number of nitrogens with one attached hydrogen (secondary N) is 2. The van der Waals surface area contributed by atoms with E-state index in [2.05, 4.69) is 10.6 Å². The summed E-state index contributed by atoms with van der Waals surface area (Å²) < 4.78 is 15.7. The van der Waals surface area contributed by atoms with Gasteiger partial charge in [-0.2, -0.15) is 0 Å². The highest BCUT2D eigenvalue weighted by Crippen LogP contribution is 2.15. The van der Waals surface area contributed by atoms with E-state index in [4.69, 9.17) is 14.2 Å². The fourth-order valence-electron chi connectivity index (χ4n) is 2.81. The summed E-state index contributed by atoms with van der Waals surface area (Å²) in [6.45, 7) is 8.09. The van der Waals surface area contributed by atoms with Gasteiger partial charge in [0.25, 0.3) is 0 Å². The predicted octanol–water partition coefficient (Wildman–Crippen LogP) is 3.37. The van der Waals surface area contributed by atoms with E-state index < -0.39 is 17.6 Å². The number of esters is 1. The van der Waals surface area contributed by atoms with Crippen molar-refractivity contribution < 1.29 is 28.6 Å². The zero-order valence-corrected chi connectivity index (χ0v) is 19.3. The van der Waals surface area contributed by atoms with Gasteiger partial charge >= 0.3 is 12.1 Å². The average Bonchev–Trinajstić information content (AvgIpc) is 2.68. The second-order valence-electron chi connectivity index (χ2n) is 8.32. The van der Waals surface area contributed by atoms with Gasteiger partial charge in [-0.25, -0.2) is 9.59 Å². The Morgan fingerprint density at radius 1 is 1.00 bits per heavy atom. The molecule has 0 aliphatic heterocycles. The summed E-state index contributed by atoms with van der Waals surface area (Å²) >= 11 is 0. The normalized spacial score (nSPS) is 11.9. The van der Waals surface area contributed by atoms with Crippen LogP contribution in [0.4, 0.5) is 4.79 Å². The quantitative estimate of drug-likeness (QED) is 0.385. The van der Waals surface area contributed by atoms with Crippen LogP contribution in [0.15, 0.2) is 24.3 Å². The summed E-state index contributed by atoms with van der Waals surface area (Å²) in [5.41, 5.74) is 0.419. The number of hydrogen-bond donors (Lipinski definition) is 2. The van der Waals surface area contributed by atoms with Crippen molar-refractivity contribution in [2.75, 3.05) is 20.3 Å². The van der Waals surface area contributed by atoms with Crippen LogP contribution >= 0.6 is 0 Å². The third kappa shape index (κ3) is 12.5. The van der Waals surface area contributed by atoms with E-state index in [9.17, 15) is 14.4 Å². The molecule has 0 saturated carbocycles. The standard InChI is InChI=1S/C23H36N2O6/c1-17(26)25-20(21(27)29-5)16-18-10-12-19(13-11-18)30-15-9-7-6-8-14-24-22(28)31-23(2,3)4/h10-13,20H,6-9,14-16H2,1-5H3,(H,24,28)(H,25,26). The van der Waals surface area contributed by atoms with Crippen LogP contribution in [0.3, 0.4) is 0 Å². The number of carbonyl (C=O) groups is 3. The summed E-state index contributed by atoms with van der Waals surface area (Å²) in [7, 11) is 1.30. The highest BCUT2D eigenvalue weighted by molar-refractivity contribution is 5.83. The number of amides is 2. The second-order valence-corrected chi connectivity index (χ2v) is 8.32. The van der Waals surface area contributed by atoms with Gasteiger partial charge in [0.05, 0.1) is 13.7 Å². The van der Waals surface area contributed by atoms with Gasteiger partial charge in [0.15, 0.2) is 0 Å². The van der Waals surface area contributed by atoms with Crippen LogP contribution in [0.1, 0.15) is 58.9 Å². The van der Waals surface area contributed by atoms with Crippen LogP contribution in [0, 0.1) is 0 Å². The van der Waals surface area contributed by atoms with E-state index in [1.54, 1.807) is 0 Å². The number of ether oxygens (including phenoxy) is 3. The zero-order chi connectivity index (χ0) is 23.3. The first-order chi connectivity index (χ1) is 14.6. The molecule has 8 nitrogen and oxygen atoms in total. The van der Waals surface area contributed by atoms with Crippen molar-refractivity contribution in [3.63, 3.8) is 0 Å². The van der Waals surface area contributed by atoms with Crippen LogP contribution in [0.5, 0.6) is 5.75 Å². The van der Waals surface area contributed by atoms with Crippen LogP contribution in [0.2, 0.25) is 0 Å². The number of carbonyl (C=O) groups excluding carboxylic acids is 3. The predicted molar refractivity (Wildman–Crippen MR) is 118 cm³/mol. The van der Waals surface area contributed by atoms with E-state index in [0.717, 1.165) is 37.0 Å². The third-order valence-corrected chi connectivity index (χ3v) is 4.23. The lowest BCUT2D eigenvalue weighted by Crippen LogP contribution is -2.41. The number of hydrogen-bond acceptors (Lipinski definition) is 6. The van der Waals surface area contributed by atoms with Crippen LogP contribution in [-0.4, -0.2) is 49.9 Å². The molecule has 0 aliphatic carbocycles. The number of alkyl carbamates (subject to hydrolysis) is 1. The third-order valence-electron chi connectivity index (χ3n) is 4.23. The average molecular weight is 437 g/mol. The molecule has 1 unspecified atom stereocenters. The van der Waals surface area contributed by atoms with E-state index in [0.29, 0.717) is 19.6 Å². The molecule has 0 heterocycles. The molecule has 31 heavy (non-hydrogen) atoms. The fourth-order valence-corrected chi connectivity index (χ4v) is 2.81. The minimum Gasteiger partial charge on any atom is -0.494 e. The van der Waals surface area contributed by atoms with Crippen molar-refractivity contribution >= 4 is 18.0 Å². The second kappa shape index (κ2) is 13.5. The van der Waals surface area contributed by atoms with Crippen LogP contribution in [0.25, 0.3) is 0 Å². The fraction of sp³-hybridized carbons (Fsp3) is 0.609. The Morgan fingerprint density at radius 3 is 2.23 bits per heavy atom. The maximum atomic E-state index is 11.8. The molecule has 0 fully saturated rings. The lowest BCUT2D eigenvalue weighted by atomic mass is 10.1. The van der Waals surface area contributed by atoms with Crippen molar-refractivity contribution in [2.24, 2.45) is 0 Å². The van der Waals surface area contributed by atoms with Crippen molar-refractivity contribution in [1.29, 1.82) is 0 Å². The van der Waals surface area contributed by atoms with Gasteiger partial charge in [-0.1, -0.05) is 25.0 Å². The highest BCUT2D eigenvalue weighted by atomic mass is 16.6. The molecule has 0 saturated heterocycles. The Bertz CT molecular complexity index is 697. The Hall–Kier alpha value is -2.77. The molecule has 1 atom stereocenters.